The summed E-state index contributed by atoms with van der Waals surface area (Å²) in [6, 6.07) is 9.17. The van der Waals surface area contributed by atoms with Gasteiger partial charge in [-0.3, -0.25) is 0 Å². The Hall–Kier alpha value is -1.32. The Labute approximate surface area is 126 Å². The van der Waals surface area contributed by atoms with E-state index in [2.05, 4.69) is 41.7 Å². The first-order valence-corrected chi connectivity index (χ1v) is 8.11. The van der Waals surface area contributed by atoms with Crippen molar-refractivity contribution in [3.63, 3.8) is 0 Å². The van der Waals surface area contributed by atoms with Crippen LogP contribution < -0.4 is 10.1 Å². The van der Waals surface area contributed by atoms with E-state index in [-0.39, 0.29) is 12.2 Å². The fourth-order valence-electron chi connectivity index (χ4n) is 3.94. The largest absolute Gasteiger partial charge is 0.487 e. The molecule has 1 spiro atoms. The number of aliphatic hydroxyl groups is 1. The summed E-state index contributed by atoms with van der Waals surface area (Å²) in [4.78, 5) is 0. The Morgan fingerprint density at radius 2 is 2.10 bits per heavy atom. The Balaban J connectivity index is 1.55. The van der Waals surface area contributed by atoms with Gasteiger partial charge in [-0.05, 0) is 31.7 Å². The lowest BCUT2D eigenvalue weighted by molar-refractivity contribution is -0.0376. The zero-order valence-corrected chi connectivity index (χ0v) is 12.3. The lowest BCUT2D eigenvalue weighted by Gasteiger charge is -2.48. The highest BCUT2D eigenvalue weighted by Crippen LogP contribution is 2.49. The molecular weight excluding hydrogens is 262 g/mol. The van der Waals surface area contributed by atoms with E-state index in [9.17, 15) is 5.11 Å². The van der Waals surface area contributed by atoms with Crippen LogP contribution in [0.3, 0.4) is 0 Å². The van der Waals surface area contributed by atoms with E-state index >= 15 is 0 Å². The molecule has 0 radical (unpaired) electrons. The van der Waals surface area contributed by atoms with Gasteiger partial charge in [-0.15, -0.1) is 0 Å². The number of hydrogen-bond acceptors (Lipinski definition) is 3. The summed E-state index contributed by atoms with van der Waals surface area (Å²) in [6.45, 7) is 0.253. The number of rotatable bonds is 3. The molecule has 21 heavy (non-hydrogen) atoms. The Morgan fingerprint density at radius 1 is 1.24 bits per heavy atom. The summed E-state index contributed by atoms with van der Waals surface area (Å²) in [5.74, 6) is 1.37. The van der Waals surface area contributed by atoms with Crippen LogP contribution in [0.25, 0.3) is 0 Å². The van der Waals surface area contributed by atoms with Crippen molar-refractivity contribution in [3.8, 4) is 5.75 Å². The third kappa shape index (κ3) is 2.39. The average molecular weight is 285 g/mol. The molecule has 0 aromatic heterocycles. The third-order valence-corrected chi connectivity index (χ3v) is 5.28. The van der Waals surface area contributed by atoms with E-state index in [1.54, 1.807) is 0 Å². The third-order valence-electron chi connectivity index (χ3n) is 5.28. The van der Waals surface area contributed by atoms with Crippen LogP contribution in [-0.4, -0.2) is 23.4 Å². The maximum Gasteiger partial charge on any atom is 0.124 e. The molecule has 1 aromatic rings. The van der Waals surface area contributed by atoms with Gasteiger partial charge < -0.3 is 15.2 Å². The molecule has 1 fully saturated rings. The first kappa shape index (κ1) is 13.4. The molecule has 4 rings (SSSR count). The van der Waals surface area contributed by atoms with Crippen molar-refractivity contribution >= 4 is 0 Å². The van der Waals surface area contributed by atoms with Gasteiger partial charge in [0, 0.05) is 36.6 Å². The summed E-state index contributed by atoms with van der Waals surface area (Å²) in [5.41, 5.74) is 1.36. The van der Waals surface area contributed by atoms with Gasteiger partial charge in [0.1, 0.15) is 11.4 Å². The van der Waals surface area contributed by atoms with E-state index < -0.39 is 0 Å². The molecule has 3 atom stereocenters. The minimum absolute atomic E-state index is 0.0741. The molecule has 3 heteroatoms. The quantitative estimate of drug-likeness (QED) is 0.839. The molecule has 3 nitrogen and oxygen atoms in total. The van der Waals surface area contributed by atoms with Crippen molar-refractivity contribution < 1.29 is 9.84 Å². The molecule has 3 aliphatic rings. The molecule has 2 aliphatic carbocycles. The highest BCUT2D eigenvalue weighted by atomic mass is 16.5. The number of aliphatic hydroxyl groups excluding tert-OH is 1. The standard InChI is InChI=1S/C18H23NO2/c20-12-13-6-7-14(10-13)19-16-11-18(8-3-9-18)21-17-5-2-1-4-15(16)17/h1-2,4-7,13-14,16,19-20H,3,8-12H2/t13-,14+,16?/m0/s1. The summed E-state index contributed by atoms with van der Waals surface area (Å²) in [5, 5.41) is 13.1. The lowest BCUT2D eigenvalue weighted by Crippen LogP contribution is -2.50. The van der Waals surface area contributed by atoms with Gasteiger partial charge in [0.15, 0.2) is 0 Å². The Kier molecular flexibility index (Phi) is 3.27. The topological polar surface area (TPSA) is 41.5 Å². The Bertz CT molecular complexity index is 550. The van der Waals surface area contributed by atoms with E-state index in [0.717, 1.165) is 18.6 Å². The maximum absolute atomic E-state index is 9.28. The van der Waals surface area contributed by atoms with Gasteiger partial charge in [0.25, 0.3) is 0 Å². The van der Waals surface area contributed by atoms with E-state index in [1.165, 1.54) is 24.8 Å². The summed E-state index contributed by atoms with van der Waals surface area (Å²) in [7, 11) is 0. The van der Waals surface area contributed by atoms with Crippen LogP contribution in [0.1, 0.15) is 43.7 Å². The fourth-order valence-corrected chi connectivity index (χ4v) is 3.94. The molecule has 1 aliphatic heterocycles. The van der Waals surface area contributed by atoms with Crippen molar-refractivity contribution in [1.29, 1.82) is 0 Å². The minimum Gasteiger partial charge on any atom is -0.487 e. The molecule has 0 saturated heterocycles. The SMILES string of the molecule is OC[C@H]1C=C[C@@H](NC2CC3(CCC3)Oc3ccccc32)C1. The van der Waals surface area contributed by atoms with Gasteiger partial charge in [-0.1, -0.05) is 30.4 Å². The minimum atomic E-state index is 0.0741. The van der Waals surface area contributed by atoms with Crippen molar-refractivity contribution in [2.45, 2.75) is 49.8 Å². The molecule has 0 amide bonds. The number of para-hydroxylation sites is 1. The predicted molar refractivity (Wildman–Crippen MR) is 82.3 cm³/mol. The van der Waals surface area contributed by atoms with Crippen LogP contribution in [0.5, 0.6) is 5.75 Å². The Morgan fingerprint density at radius 3 is 2.81 bits per heavy atom. The molecule has 1 aromatic carbocycles. The van der Waals surface area contributed by atoms with Crippen LogP contribution in [-0.2, 0) is 0 Å². The van der Waals surface area contributed by atoms with Crippen LogP contribution in [0.4, 0.5) is 0 Å². The summed E-state index contributed by atoms with van der Waals surface area (Å²) >= 11 is 0. The van der Waals surface area contributed by atoms with Crippen molar-refractivity contribution in [2.75, 3.05) is 6.61 Å². The van der Waals surface area contributed by atoms with E-state index in [4.69, 9.17) is 4.74 Å². The monoisotopic (exact) mass is 285 g/mol. The number of ether oxygens (including phenoxy) is 1. The van der Waals surface area contributed by atoms with Crippen molar-refractivity contribution in [1.82, 2.24) is 5.32 Å². The predicted octanol–water partition coefficient (Wildman–Crippen LogP) is 2.96. The molecule has 2 N–H and O–H groups in total. The highest BCUT2D eigenvalue weighted by Gasteiger charge is 2.45. The summed E-state index contributed by atoms with van der Waals surface area (Å²) < 4.78 is 6.29. The maximum atomic E-state index is 9.28. The van der Waals surface area contributed by atoms with Crippen LogP contribution in [0.2, 0.25) is 0 Å². The average Bonchev–Trinajstić information content (AvgIpc) is 2.93. The van der Waals surface area contributed by atoms with E-state index in [1.807, 2.05) is 0 Å². The molecular formula is C18H23NO2. The summed E-state index contributed by atoms with van der Waals surface area (Å²) in [6.07, 6.45) is 10.1. The number of fused-ring (bicyclic) bond motifs is 1. The second-order valence-electron chi connectivity index (χ2n) is 6.77. The van der Waals surface area contributed by atoms with Gasteiger partial charge in [-0.2, -0.15) is 0 Å². The van der Waals surface area contributed by atoms with Gasteiger partial charge in [-0.25, -0.2) is 0 Å². The number of benzene rings is 1. The van der Waals surface area contributed by atoms with Crippen molar-refractivity contribution in [2.24, 2.45) is 5.92 Å². The fraction of sp³-hybridized carbons (Fsp3) is 0.556. The van der Waals surface area contributed by atoms with Gasteiger partial charge in [0.2, 0.25) is 0 Å². The number of nitrogens with one attached hydrogen (secondary N) is 1. The normalized spacial score (nSPS) is 32.5. The first-order valence-electron chi connectivity index (χ1n) is 8.11. The second-order valence-corrected chi connectivity index (χ2v) is 6.77. The van der Waals surface area contributed by atoms with Crippen LogP contribution in [0.15, 0.2) is 36.4 Å². The van der Waals surface area contributed by atoms with Crippen molar-refractivity contribution in [3.05, 3.63) is 42.0 Å². The molecule has 112 valence electrons. The van der Waals surface area contributed by atoms with Crippen LogP contribution >= 0.6 is 0 Å². The van der Waals surface area contributed by atoms with E-state index in [0.29, 0.717) is 18.0 Å². The molecule has 0 bridgehead atoms. The zero-order chi connectivity index (χ0) is 14.3. The van der Waals surface area contributed by atoms with Gasteiger partial charge >= 0.3 is 0 Å². The molecule has 1 unspecified atom stereocenters. The zero-order valence-electron chi connectivity index (χ0n) is 12.3. The molecule has 1 heterocycles. The molecule has 1 saturated carbocycles. The lowest BCUT2D eigenvalue weighted by atomic mass is 9.73. The van der Waals surface area contributed by atoms with Gasteiger partial charge in [0.05, 0.1) is 0 Å². The first-order chi connectivity index (χ1) is 10.3. The number of hydrogen-bond donors (Lipinski definition) is 2. The smallest absolute Gasteiger partial charge is 0.124 e. The second kappa shape index (κ2) is 5.15. The van der Waals surface area contributed by atoms with Crippen LogP contribution in [0, 0.1) is 5.92 Å². The highest BCUT2D eigenvalue weighted by molar-refractivity contribution is 5.39.